The highest BCUT2D eigenvalue weighted by molar-refractivity contribution is 5.81. The molecule has 1 aliphatic heterocycles. The Balaban J connectivity index is 1.90. The summed E-state index contributed by atoms with van der Waals surface area (Å²) in [6.07, 6.45) is 3.94. The lowest BCUT2D eigenvalue weighted by molar-refractivity contribution is -0.136. The molecule has 2 rings (SSSR count). The first-order valence-corrected chi connectivity index (χ1v) is 7.64. The van der Waals surface area contributed by atoms with Gasteiger partial charge in [-0.1, -0.05) is 0 Å². The molecule has 0 saturated carbocycles. The molecule has 1 amide bonds. The Labute approximate surface area is 127 Å². The van der Waals surface area contributed by atoms with Crippen molar-refractivity contribution >= 4 is 11.6 Å². The lowest BCUT2D eigenvalue weighted by Crippen LogP contribution is -2.54. The second kappa shape index (κ2) is 6.47. The van der Waals surface area contributed by atoms with Crippen molar-refractivity contribution in [3.05, 3.63) is 12.4 Å². The summed E-state index contributed by atoms with van der Waals surface area (Å²) in [5.74, 6) is 0.208. The average Bonchev–Trinajstić information content (AvgIpc) is 2.91. The van der Waals surface area contributed by atoms with E-state index in [9.17, 15) is 4.79 Å². The summed E-state index contributed by atoms with van der Waals surface area (Å²) >= 11 is 0. The summed E-state index contributed by atoms with van der Waals surface area (Å²) in [6.45, 7) is 9.81. The predicted octanol–water partition coefficient (Wildman–Crippen LogP) is 0.797. The molecule has 0 N–H and O–H groups in total. The number of carbonyl (C=O) groups excluding carboxylic acids is 1. The van der Waals surface area contributed by atoms with Gasteiger partial charge in [-0.3, -0.25) is 14.4 Å². The number of piperazine rings is 1. The maximum Gasteiger partial charge on any atom is 0.239 e. The van der Waals surface area contributed by atoms with E-state index in [1.165, 1.54) is 0 Å². The molecular weight excluding hydrogens is 266 g/mol. The van der Waals surface area contributed by atoms with Crippen LogP contribution < -0.4 is 4.90 Å². The maximum atomic E-state index is 12.4. The minimum absolute atomic E-state index is 0.0477. The van der Waals surface area contributed by atoms with E-state index in [4.69, 9.17) is 0 Å². The summed E-state index contributed by atoms with van der Waals surface area (Å²) in [4.78, 5) is 18.8. The number of anilines is 1. The summed E-state index contributed by atoms with van der Waals surface area (Å²) in [5, 5.41) is 4.22. The van der Waals surface area contributed by atoms with Crippen LogP contribution in [0.1, 0.15) is 20.8 Å². The molecule has 1 aromatic heterocycles. The van der Waals surface area contributed by atoms with Gasteiger partial charge in [-0.05, 0) is 20.8 Å². The number of likely N-dealkylation sites (N-methyl/N-ethyl adjacent to an activating group) is 1. The van der Waals surface area contributed by atoms with E-state index < -0.39 is 0 Å². The third-order valence-corrected chi connectivity index (χ3v) is 4.40. The van der Waals surface area contributed by atoms with Gasteiger partial charge in [0.15, 0.2) is 0 Å². The Morgan fingerprint density at radius 2 is 1.86 bits per heavy atom. The zero-order chi connectivity index (χ0) is 15.6. The summed E-state index contributed by atoms with van der Waals surface area (Å²) in [7, 11) is 3.82. The molecule has 1 atom stereocenters. The van der Waals surface area contributed by atoms with Crippen molar-refractivity contribution in [1.82, 2.24) is 19.6 Å². The van der Waals surface area contributed by atoms with Crippen molar-refractivity contribution in [3.8, 4) is 0 Å². The molecule has 1 unspecified atom stereocenters. The SMILES string of the molecule is CC(C(=O)N(C)C(C)C)N1CCN(c2cnn(C)c2)CC1. The smallest absolute Gasteiger partial charge is 0.239 e. The number of aryl methyl sites for hydroxylation is 1. The molecule has 6 nitrogen and oxygen atoms in total. The highest BCUT2D eigenvalue weighted by Crippen LogP contribution is 2.16. The molecule has 0 aromatic carbocycles. The fourth-order valence-corrected chi connectivity index (χ4v) is 2.64. The summed E-state index contributed by atoms with van der Waals surface area (Å²) < 4.78 is 1.82. The highest BCUT2D eigenvalue weighted by Gasteiger charge is 2.28. The van der Waals surface area contributed by atoms with Gasteiger partial charge in [0, 0.05) is 52.5 Å². The fourth-order valence-electron chi connectivity index (χ4n) is 2.64. The van der Waals surface area contributed by atoms with Gasteiger partial charge in [-0.25, -0.2) is 0 Å². The summed E-state index contributed by atoms with van der Waals surface area (Å²) in [5.41, 5.74) is 1.16. The highest BCUT2D eigenvalue weighted by atomic mass is 16.2. The molecule has 118 valence electrons. The van der Waals surface area contributed by atoms with Crippen molar-refractivity contribution in [2.24, 2.45) is 7.05 Å². The first kappa shape index (κ1) is 15.8. The van der Waals surface area contributed by atoms with Gasteiger partial charge < -0.3 is 9.80 Å². The molecular formula is C15H27N5O. The van der Waals surface area contributed by atoms with Gasteiger partial charge in [0.1, 0.15) is 0 Å². The van der Waals surface area contributed by atoms with Crippen LogP contribution in [0.4, 0.5) is 5.69 Å². The van der Waals surface area contributed by atoms with Crippen molar-refractivity contribution in [2.75, 3.05) is 38.1 Å². The molecule has 1 fully saturated rings. The Morgan fingerprint density at radius 3 is 2.33 bits per heavy atom. The number of rotatable bonds is 4. The zero-order valence-corrected chi connectivity index (χ0v) is 13.8. The molecule has 0 spiro atoms. The van der Waals surface area contributed by atoms with Crippen molar-refractivity contribution in [1.29, 1.82) is 0 Å². The van der Waals surface area contributed by atoms with E-state index in [0.717, 1.165) is 31.9 Å². The van der Waals surface area contributed by atoms with Gasteiger partial charge in [0.05, 0.1) is 17.9 Å². The lowest BCUT2D eigenvalue weighted by atomic mass is 10.2. The minimum Gasteiger partial charge on any atom is -0.366 e. The maximum absolute atomic E-state index is 12.4. The topological polar surface area (TPSA) is 44.6 Å². The number of aromatic nitrogens is 2. The molecule has 1 saturated heterocycles. The van der Waals surface area contributed by atoms with E-state index in [0.29, 0.717) is 0 Å². The van der Waals surface area contributed by atoms with E-state index in [1.807, 2.05) is 56.8 Å². The van der Waals surface area contributed by atoms with E-state index >= 15 is 0 Å². The fraction of sp³-hybridized carbons (Fsp3) is 0.733. The van der Waals surface area contributed by atoms with Crippen LogP contribution in [0.15, 0.2) is 12.4 Å². The quantitative estimate of drug-likeness (QED) is 0.823. The first-order valence-electron chi connectivity index (χ1n) is 7.64. The summed E-state index contributed by atoms with van der Waals surface area (Å²) in [6, 6.07) is 0.199. The van der Waals surface area contributed by atoms with Crippen LogP contribution in [0.3, 0.4) is 0 Å². The average molecular weight is 293 g/mol. The Morgan fingerprint density at radius 1 is 1.24 bits per heavy atom. The second-order valence-corrected chi connectivity index (χ2v) is 6.11. The largest absolute Gasteiger partial charge is 0.366 e. The minimum atomic E-state index is -0.0477. The molecule has 0 aliphatic carbocycles. The van der Waals surface area contributed by atoms with E-state index in [-0.39, 0.29) is 18.0 Å². The third kappa shape index (κ3) is 3.56. The van der Waals surface area contributed by atoms with E-state index in [1.54, 1.807) is 0 Å². The Bertz CT molecular complexity index is 476. The standard InChI is InChI=1S/C15H27N5O/c1-12(2)18(5)15(21)13(3)19-6-8-20(9-7-19)14-10-16-17(4)11-14/h10-13H,6-9H2,1-5H3. The van der Waals surface area contributed by atoms with Gasteiger partial charge >= 0.3 is 0 Å². The van der Waals surface area contributed by atoms with Crippen molar-refractivity contribution < 1.29 is 4.79 Å². The van der Waals surface area contributed by atoms with Gasteiger partial charge in [-0.15, -0.1) is 0 Å². The van der Waals surface area contributed by atoms with Gasteiger partial charge in [0.25, 0.3) is 0 Å². The van der Waals surface area contributed by atoms with Gasteiger partial charge in [-0.2, -0.15) is 5.10 Å². The molecule has 1 aliphatic rings. The third-order valence-electron chi connectivity index (χ3n) is 4.40. The van der Waals surface area contributed by atoms with Crippen LogP contribution in [-0.2, 0) is 11.8 Å². The van der Waals surface area contributed by atoms with Crippen LogP contribution in [0.2, 0.25) is 0 Å². The number of carbonyl (C=O) groups is 1. The monoisotopic (exact) mass is 293 g/mol. The number of hydrogen-bond donors (Lipinski definition) is 0. The molecule has 0 radical (unpaired) electrons. The molecule has 0 bridgehead atoms. The number of hydrogen-bond acceptors (Lipinski definition) is 4. The van der Waals surface area contributed by atoms with Crippen molar-refractivity contribution in [2.45, 2.75) is 32.9 Å². The molecule has 2 heterocycles. The molecule has 21 heavy (non-hydrogen) atoms. The first-order chi connectivity index (χ1) is 9.90. The molecule has 6 heteroatoms. The number of nitrogens with zero attached hydrogens (tertiary/aromatic N) is 5. The lowest BCUT2D eigenvalue weighted by Gasteiger charge is -2.39. The number of amides is 1. The normalized spacial score (nSPS) is 18.1. The van der Waals surface area contributed by atoms with E-state index in [2.05, 4.69) is 14.9 Å². The Hall–Kier alpha value is -1.56. The Kier molecular flexibility index (Phi) is 4.88. The molecule has 1 aromatic rings. The van der Waals surface area contributed by atoms with Gasteiger partial charge in [0.2, 0.25) is 5.91 Å². The van der Waals surface area contributed by atoms with Crippen LogP contribution >= 0.6 is 0 Å². The van der Waals surface area contributed by atoms with Crippen LogP contribution in [-0.4, -0.2) is 70.8 Å². The van der Waals surface area contributed by atoms with Crippen LogP contribution in [0, 0.1) is 0 Å². The predicted molar refractivity (Wildman–Crippen MR) is 84.4 cm³/mol. The zero-order valence-electron chi connectivity index (χ0n) is 13.8. The van der Waals surface area contributed by atoms with Crippen molar-refractivity contribution in [3.63, 3.8) is 0 Å². The second-order valence-electron chi connectivity index (χ2n) is 6.11. The van der Waals surface area contributed by atoms with Crippen LogP contribution in [0.25, 0.3) is 0 Å². The van der Waals surface area contributed by atoms with Crippen LogP contribution in [0.5, 0.6) is 0 Å².